The van der Waals surface area contributed by atoms with Gasteiger partial charge in [-0.15, -0.1) is 5.47 Å². The largest absolute Gasteiger partial charge is 0.358 e. The molecule has 16 heavy (non-hydrogen) atoms. The molecule has 2 nitrogen and oxygen atoms in total. The molecule has 0 aromatic carbocycles. The summed E-state index contributed by atoms with van der Waals surface area (Å²) in [5.41, 5.74) is 10.7. The third-order valence-corrected chi connectivity index (χ3v) is 3.78. The van der Waals surface area contributed by atoms with Gasteiger partial charge in [0, 0.05) is 11.4 Å². The smallest absolute Gasteiger partial charge is 0.191 e. The van der Waals surface area contributed by atoms with Crippen molar-refractivity contribution in [3.63, 3.8) is 0 Å². The Hall–Kier alpha value is -1.38. The average Bonchev–Trinajstić information content (AvgIpc) is 2.81. The highest BCUT2D eigenvalue weighted by Gasteiger charge is 2.25. The van der Waals surface area contributed by atoms with Gasteiger partial charge in [-0.3, -0.25) is 0 Å². The predicted molar refractivity (Wildman–Crippen MR) is 70.4 cm³/mol. The maximum atomic E-state index is 3.58. The Kier molecular flexibility index (Phi) is 1.88. The normalized spacial score (nSPS) is 14.8. The predicted octanol–water partition coefficient (Wildman–Crippen LogP) is 2.60. The van der Waals surface area contributed by atoms with Gasteiger partial charge in [0.2, 0.25) is 0 Å². The van der Waals surface area contributed by atoms with Crippen molar-refractivity contribution in [1.82, 2.24) is 9.97 Å². The molecule has 1 radical (unpaired) electrons. The van der Waals surface area contributed by atoms with E-state index in [4.69, 9.17) is 0 Å². The van der Waals surface area contributed by atoms with Crippen LogP contribution >= 0.6 is 0 Å². The SMILES string of the molecule is CCC1=C(C)[B]c2c1[nH]c1c(C)c(C)[nH]c21. The van der Waals surface area contributed by atoms with Crippen LogP contribution in [0.15, 0.2) is 5.47 Å². The second kappa shape index (κ2) is 3.06. The molecule has 1 aliphatic rings. The number of rotatable bonds is 1. The molecule has 0 aliphatic carbocycles. The number of nitrogens with one attached hydrogen (secondary N) is 2. The number of hydrogen-bond acceptors (Lipinski definition) is 0. The lowest BCUT2D eigenvalue weighted by Crippen LogP contribution is -2.11. The van der Waals surface area contributed by atoms with Crippen LogP contribution in [0.1, 0.15) is 37.2 Å². The van der Waals surface area contributed by atoms with Gasteiger partial charge in [-0.2, -0.15) is 0 Å². The number of aromatic amines is 2. The van der Waals surface area contributed by atoms with Gasteiger partial charge < -0.3 is 9.97 Å². The third-order valence-electron chi connectivity index (χ3n) is 3.78. The molecule has 0 bridgehead atoms. The Labute approximate surface area is 96.4 Å². The first-order chi connectivity index (χ1) is 7.63. The lowest BCUT2D eigenvalue weighted by atomic mass is 9.67. The third kappa shape index (κ3) is 1.03. The van der Waals surface area contributed by atoms with E-state index < -0.39 is 0 Å². The van der Waals surface area contributed by atoms with Crippen molar-refractivity contribution in [2.24, 2.45) is 0 Å². The number of hydrogen-bond donors (Lipinski definition) is 2. The lowest BCUT2D eigenvalue weighted by molar-refractivity contribution is 1.20. The van der Waals surface area contributed by atoms with Crippen molar-refractivity contribution in [2.75, 3.05) is 0 Å². The molecular weight excluding hydrogens is 195 g/mol. The average molecular weight is 211 g/mol. The fourth-order valence-corrected chi connectivity index (χ4v) is 2.73. The second-order valence-corrected chi connectivity index (χ2v) is 4.70. The maximum absolute atomic E-state index is 3.58. The van der Waals surface area contributed by atoms with Crippen molar-refractivity contribution in [1.29, 1.82) is 0 Å². The van der Waals surface area contributed by atoms with E-state index in [2.05, 4.69) is 44.9 Å². The van der Waals surface area contributed by atoms with Crippen molar-refractivity contribution >= 4 is 29.3 Å². The van der Waals surface area contributed by atoms with Crippen molar-refractivity contribution < 1.29 is 0 Å². The number of aryl methyl sites for hydroxylation is 2. The summed E-state index contributed by atoms with van der Waals surface area (Å²) in [6.45, 7) is 8.71. The zero-order chi connectivity index (χ0) is 11.4. The van der Waals surface area contributed by atoms with E-state index in [9.17, 15) is 0 Å². The molecule has 81 valence electrons. The molecule has 2 N–H and O–H groups in total. The van der Waals surface area contributed by atoms with Gasteiger partial charge >= 0.3 is 0 Å². The molecule has 2 aromatic rings. The minimum atomic E-state index is 1.09. The summed E-state index contributed by atoms with van der Waals surface area (Å²) < 4.78 is 0. The van der Waals surface area contributed by atoms with Gasteiger partial charge in [-0.25, -0.2) is 0 Å². The summed E-state index contributed by atoms with van der Waals surface area (Å²) >= 11 is 0. The van der Waals surface area contributed by atoms with Gasteiger partial charge in [-0.1, -0.05) is 13.8 Å². The van der Waals surface area contributed by atoms with Gasteiger partial charge in [0.15, 0.2) is 7.28 Å². The Balaban J connectivity index is 2.31. The number of allylic oxidation sites excluding steroid dienone is 2. The highest BCUT2D eigenvalue weighted by Crippen LogP contribution is 2.30. The molecule has 0 saturated heterocycles. The molecule has 0 unspecified atom stereocenters. The first-order valence-corrected chi connectivity index (χ1v) is 5.89. The molecule has 0 saturated carbocycles. The second-order valence-electron chi connectivity index (χ2n) is 4.70. The zero-order valence-corrected chi connectivity index (χ0v) is 10.3. The van der Waals surface area contributed by atoms with E-state index in [1.54, 1.807) is 0 Å². The van der Waals surface area contributed by atoms with Crippen LogP contribution in [-0.4, -0.2) is 17.2 Å². The topological polar surface area (TPSA) is 31.6 Å². The van der Waals surface area contributed by atoms with E-state index in [1.165, 1.54) is 44.5 Å². The van der Waals surface area contributed by atoms with E-state index in [0.717, 1.165) is 6.42 Å². The van der Waals surface area contributed by atoms with E-state index in [-0.39, 0.29) is 0 Å². The summed E-state index contributed by atoms with van der Waals surface area (Å²) in [6, 6.07) is 0. The van der Waals surface area contributed by atoms with Crippen molar-refractivity contribution in [2.45, 2.75) is 34.1 Å². The molecule has 3 heteroatoms. The maximum Gasteiger partial charge on any atom is 0.191 e. The standard InChI is InChI=1S/C13H16BN2/c1-5-9-7(3)14-10-12(9)16-11-6(2)8(4)15-13(10)11/h15-16H,5H2,1-4H3. The van der Waals surface area contributed by atoms with Crippen LogP contribution in [0.2, 0.25) is 0 Å². The molecule has 0 amide bonds. The minimum absolute atomic E-state index is 1.09. The number of H-pyrrole nitrogens is 2. The van der Waals surface area contributed by atoms with Gasteiger partial charge in [0.25, 0.3) is 0 Å². The Morgan fingerprint density at radius 3 is 2.50 bits per heavy atom. The summed E-state index contributed by atoms with van der Waals surface area (Å²) in [5.74, 6) is 0. The Bertz CT molecular complexity index is 613. The van der Waals surface area contributed by atoms with E-state index in [0.29, 0.717) is 0 Å². The molecule has 3 heterocycles. The van der Waals surface area contributed by atoms with Crippen LogP contribution in [0.3, 0.4) is 0 Å². The minimum Gasteiger partial charge on any atom is -0.358 e. The summed E-state index contributed by atoms with van der Waals surface area (Å²) in [5, 5.41) is 0. The molecule has 2 aromatic heterocycles. The van der Waals surface area contributed by atoms with Gasteiger partial charge in [-0.05, 0) is 36.9 Å². The van der Waals surface area contributed by atoms with Crippen LogP contribution in [0, 0.1) is 13.8 Å². The first-order valence-electron chi connectivity index (χ1n) is 5.89. The molecule has 3 rings (SSSR count). The van der Waals surface area contributed by atoms with Gasteiger partial charge in [0.05, 0.1) is 11.0 Å². The number of aromatic nitrogens is 2. The van der Waals surface area contributed by atoms with Crippen LogP contribution in [0.4, 0.5) is 0 Å². The Morgan fingerprint density at radius 2 is 1.81 bits per heavy atom. The molecule has 1 aliphatic heterocycles. The monoisotopic (exact) mass is 211 g/mol. The summed E-state index contributed by atoms with van der Waals surface area (Å²) in [6.07, 6.45) is 1.09. The molecule has 0 spiro atoms. The summed E-state index contributed by atoms with van der Waals surface area (Å²) in [7, 11) is 2.29. The van der Waals surface area contributed by atoms with Crippen molar-refractivity contribution in [3.8, 4) is 0 Å². The first kappa shape index (κ1) is 9.82. The number of fused-ring (bicyclic) bond motifs is 3. The molecule has 0 atom stereocenters. The van der Waals surface area contributed by atoms with Crippen LogP contribution in [0.25, 0.3) is 16.6 Å². The van der Waals surface area contributed by atoms with Crippen LogP contribution in [-0.2, 0) is 0 Å². The van der Waals surface area contributed by atoms with Crippen molar-refractivity contribution in [3.05, 3.63) is 22.4 Å². The zero-order valence-electron chi connectivity index (χ0n) is 10.3. The van der Waals surface area contributed by atoms with Crippen LogP contribution < -0.4 is 5.46 Å². The molecule has 0 fully saturated rings. The van der Waals surface area contributed by atoms with Gasteiger partial charge in [0.1, 0.15) is 0 Å². The quantitative estimate of drug-likeness (QED) is 0.679. The molecular formula is C13H16BN2. The fourth-order valence-electron chi connectivity index (χ4n) is 2.73. The lowest BCUT2D eigenvalue weighted by Gasteiger charge is -2.00. The summed E-state index contributed by atoms with van der Waals surface area (Å²) in [4.78, 5) is 7.06. The van der Waals surface area contributed by atoms with Crippen LogP contribution in [0.5, 0.6) is 0 Å². The highest BCUT2D eigenvalue weighted by molar-refractivity contribution is 6.68. The van der Waals surface area contributed by atoms with E-state index in [1.807, 2.05) is 0 Å². The van der Waals surface area contributed by atoms with E-state index >= 15 is 0 Å². The highest BCUT2D eigenvalue weighted by atomic mass is 14.8. The Morgan fingerprint density at radius 1 is 1.06 bits per heavy atom. The fraction of sp³-hybridized carbons (Fsp3) is 0.385.